The molecule has 1 fully saturated rings. The molecule has 1 N–H and O–H groups in total. The average molecular weight is 219 g/mol. The Balaban J connectivity index is 2.24. The molecule has 2 rings (SSSR count). The van der Waals surface area contributed by atoms with Crippen LogP contribution in [0.3, 0.4) is 0 Å². The highest BCUT2D eigenvalue weighted by Gasteiger charge is 2.24. The first-order valence-electron chi connectivity index (χ1n) is 6.25. The standard InChI is InChI=1S/C14H21NO/c1-3-14(16)13-8-5-4-7-12(13)11(2)15-9-6-10-15/h4-5,7-8,11,14,16H,3,6,9-10H2,1-2H3/t11-,14?/m1/s1. The molecule has 1 unspecified atom stereocenters. The third-order valence-corrected chi connectivity index (χ3v) is 3.63. The van der Waals surface area contributed by atoms with Crippen LogP contribution in [0.4, 0.5) is 0 Å². The maximum Gasteiger partial charge on any atom is 0.0790 e. The summed E-state index contributed by atoms with van der Waals surface area (Å²) in [5, 5.41) is 10.0. The van der Waals surface area contributed by atoms with Gasteiger partial charge in [-0.15, -0.1) is 0 Å². The Morgan fingerprint density at radius 2 is 1.88 bits per heavy atom. The number of hydrogen-bond donors (Lipinski definition) is 1. The van der Waals surface area contributed by atoms with E-state index in [1.165, 1.54) is 25.1 Å². The van der Waals surface area contributed by atoms with Crippen LogP contribution in [0, 0.1) is 0 Å². The van der Waals surface area contributed by atoms with E-state index in [2.05, 4.69) is 30.0 Å². The zero-order valence-corrected chi connectivity index (χ0v) is 10.2. The predicted molar refractivity (Wildman–Crippen MR) is 66.3 cm³/mol. The van der Waals surface area contributed by atoms with Gasteiger partial charge in [0.2, 0.25) is 0 Å². The molecule has 1 aliphatic heterocycles. The molecule has 0 bridgehead atoms. The molecule has 88 valence electrons. The van der Waals surface area contributed by atoms with Crippen molar-refractivity contribution >= 4 is 0 Å². The zero-order valence-electron chi connectivity index (χ0n) is 10.2. The lowest BCUT2D eigenvalue weighted by Crippen LogP contribution is -2.39. The quantitative estimate of drug-likeness (QED) is 0.841. The minimum Gasteiger partial charge on any atom is -0.388 e. The van der Waals surface area contributed by atoms with Gasteiger partial charge in [0.05, 0.1) is 6.10 Å². The third-order valence-electron chi connectivity index (χ3n) is 3.63. The van der Waals surface area contributed by atoms with Crippen molar-refractivity contribution in [2.24, 2.45) is 0 Å². The Kier molecular flexibility index (Phi) is 3.62. The normalized spacial score (nSPS) is 20.2. The van der Waals surface area contributed by atoms with Crippen molar-refractivity contribution in [2.75, 3.05) is 13.1 Å². The lowest BCUT2D eigenvalue weighted by Gasteiger charge is -2.37. The van der Waals surface area contributed by atoms with Gasteiger partial charge in [0.1, 0.15) is 0 Å². The number of nitrogens with zero attached hydrogens (tertiary/aromatic N) is 1. The Labute approximate surface area is 97.9 Å². The molecular formula is C14H21NO. The van der Waals surface area contributed by atoms with E-state index >= 15 is 0 Å². The van der Waals surface area contributed by atoms with Crippen molar-refractivity contribution in [3.8, 4) is 0 Å². The van der Waals surface area contributed by atoms with E-state index in [0.717, 1.165) is 12.0 Å². The van der Waals surface area contributed by atoms with E-state index in [0.29, 0.717) is 6.04 Å². The van der Waals surface area contributed by atoms with E-state index in [1.54, 1.807) is 0 Å². The van der Waals surface area contributed by atoms with Crippen molar-refractivity contribution in [1.82, 2.24) is 4.90 Å². The van der Waals surface area contributed by atoms with Crippen molar-refractivity contribution in [3.63, 3.8) is 0 Å². The smallest absolute Gasteiger partial charge is 0.0790 e. The fraction of sp³-hybridized carbons (Fsp3) is 0.571. The lowest BCUT2D eigenvalue weighted by molar-refractivity contribution is 0.122. The number of aliphatic hydroxyl groups is 1. The fourth-order valence-corrected chi connectivity index (χ4v) is 2.34. The topological polar surface area (TPSA) is 23.5 Å². The van der Waals surface area contributed by atoms with Gasteiger partial charge in [-0.25, -0.2) is 0 Å². The maximum atomic E-state index is 10.0. The maximum absolute atomic E-state index is 10.0. The molecular weight excluding hydrogens is 198 g/mol. The fourth-order valence-electron chi connectivity index (χ4n) is 2.34. The van der Waals surface area contributed by atoms with Crippen molar-refractivity contribution < 1.29 is 5.11 Å². The van der Waals surface area contributed by atoms with Crippen molar-refractivity contribution in [2.45, 2.75) is 38.8 Å². The summed E-state index contributed by atoms with van der Waals surface area (Å²) in [6, 6.07) is 8.72. The van der Waals surface area contributed by atoms with Gasteiger partial charge in [0, 0.05) is 6.04 Å². The number of hydrogen-bond acceptors (Lipinski definition) is 2. The van der Waals surface area contributed by atoms with E-state index in [-0.39, 0.29) is 6.10 Å². The predicted octanol–water partition coefficient (Wildman–Crippen LogP) is 2.90. The second-order valence-electron chi connectivity index (χ2n) is 4.62. The minimum atomic E-state index is -0.320. The van der Waals surface area contributed by atoms with Gasteiger partial charge >= 0.3 is 0 Å². The summed E-state index contributed by atoms with van der Waals surface area (Å²) in [5.74, 6) is 0. The Morgan fingerprint density at radius 3 is 2.38 bits per heavy atom. The first kappa shape index (κ1) is 11.6. The minimum absolute atomic E-state index is 0.320. The molecule has 1 saturated heterocycles. The van der Waals surface area contributed by atoms with E-state index < -0.39 is 0 Å². The number of likely N-dealkylation sites (tertiary alicyclic amines) is 1. The molecule has 0 saturated carbocycles. The molecule has 2 heteroatoms. The Bertz CT molecular complexity index is 346. The molecule has 1 heterocycles. The van der Waals surface area contributed by atoms with Crippen LogP contribution < -0.4 is 0 Å². The summed E-state index contributed by atoms with van der Waals surface area (Å²) in [5.41, 5.74) is 2.39. The zero-order chi connectivity index (χ0) is 11.5. The Hall–Kier alpha value is -0.860. The molecule has 0 aliphatic carbocycles. The molecule has 2 nitrogen and oxygen atoms in total. The monoisotopic (exact) mass is 219 g/mol. The molecule has 0 aromatic heterocycles. The van der Waals surface area contributed by atoms with Crippen LogP contribution in [-0.2, 0) is 0 Å². The lowest BCUT2D eigenvalue weighted by atomic mass is 9.94. The summed E-state index contributed by atoms with van der Waals surface area (Å²) in [6.45, 7) is 6.64. The SMILES string of the molecule is CCC(O)c1ccccc1[C@@H](C)N1CCC1. The summed E-state index contributed by atoms with van der Waals surface area (Å²) in [6.07, 6.45) is 1.77. The van der Waals surface area contributed by atoms with E-state index in [4.69, 9.17) is 0 Å². The molecule has 1 aliphatic rings. The summed E-state index contributed by atoms with van der Waals surface area (Å²) >= 11 is 0. The summed E-state index contributed by atoms with van der Waals surface area (Å²) in [4.78, 5) is 2.46. The highest BCUT2D eigenvalue weighted by molar-refractivity contribution is 5.31. The summed E-state index contributed by atoms with van der Waals surface area (Å²) in [7, 11) is 0. The molecule has 0 spiro atoms. The molecule has 1 aromatic rings. The van der Waals surface area contributed by atoms with Gasteiger partial charge < -0.3 is 5.11 Å². The second-order valence-corrected chi connectivity index (χ2v) is 4.62. The van der Waals surface area contributed by atoms with Crippen LogP contribution in [0.2, 0.25) is 0 Å². The molecule has 0 radical (unpaired) electrons. The molecule has 16 heavy (non-hydrogen) atoms. The third kappa shape index (κ3) is 2.13. The first-order chi connectivity index (χ1) is 7.74. The van der Waals surface area contributed by atoms with Crippen LogP contribution in [0.25, 0.3) is 0 Å². The van der Waals surface area contributed by atoms with Crippen LogP contribution in [0.5, 0.6) is 0 Å². The van der Waals surface area contributed by atoms with Crippen LogP contribution >= 0.6 is 0 Å². The summed E-state index contributed by atoms with van der Waals surface area (Å²) < 4.78 is 0. The van der Waals surface area contributed by atoms with Crippen LogP contribution in [0.15, 0.2) is 24.3 Å². The highest BCUT2D eigenvalue weighted by Crippen LogP contribution is 2.31. The van der Waals surface area contributed by atoms with Gasteiger partial charge in [0.25, 0.3) is 0 Å². The number of rotatable bonds is 4. The van der Waals surface area contributed by atoms with E-state index in [9.17, 15) is 5.11 Å². The number of aliphatic hydroxyl groups excluding tert-OH is 1. The van der Waals surface area contributed by atoms with Gasteiger partial charge in [-0.05, 0) is 44.0 Å². The van der Waals surface area contributed by atoms with Crippen molar-refractivity contribution in [1.29, 1.82) is 0 Å². The highest BCUT2D eigenvalue weighted by atomic mass is 16.3. The second kappa shape index (κ2) is 4.98. The molecule has 2 atom stereocenters. The Morgan fingerprint density at radius 1 is 1.25 bits per heavy atom. The number of benzene rings is 1. The largest absolute Gasteiger partial charge is 0.388 e. The van der Waals surface area contributed by atoms with Gasteiger partial charge in [0.15, 0.2) is 0 Å². The van der Waals surface area contributed by atoms with Crippen LogP contribution in [0.1, 0.15) is 50.0 Å². The van der Waals surface area contributed by atoms with Gasteiger partial charge in [-0.3, -0.25) is 4.90 Å². The van der Waals surface area contributed by atoms with Crippen LogP contribution in [-0.4, -0.2) is 23.1 Å². The van der Waals surface area contributed by atoms with E-state index in [1.807, 2.05) is 13.0 Å². The first-order valence-corrected chi connectivity index (χ1v) is 6.25. The van der Waals surface area contributed by atoms with Gasteiger partial charge in [-0.1, -0.05) is 31.2 Å². The molecule has 1 aromatic carbocycles. The van der Waals surface area contributed by atoms with Gasteiger partial charge in [-0.2, -0.15) is 0 Å². The molecule has 0 amide bonds. The van der Waals surface area contributed by atoms with Crippen molar-refractivity contribution in [3.05, 3.63) is 35.4 Å². The average Bonchev–Trinajstić information content (AvgIpc) is 2.25.